The first kappa shape index (κ1) is 24.1. The van der Waals surface area contributed by atoms with Gasteiger partial charge in [0.15, 0.2) is 11.6 Å². The van der Waals surface area contributed by atoms with Crippen LogP contribution in [0.3, 0.4) is 0 Å². The molecule has 8 nitrogen and oxygen atoms in total. The van der Waals surface area contributed by atoms with E-state index in [0.29, 0.717) is 19.6 Å². The molecule has 0 saturated carbocycles. The summed E-state index contributed by atoms with van der Waals surface area (Å²) in [6.07, 6.45) is -0.758. The molecule has 31 heavy (non-hydrogen) atoms. The van der Waals surface area contributed by atoms with Gasteiger partial charge in [-0.2, -0.15) is 0 Å². The number of nitrogens with zero attached hydrogens (tertiary/aromatic N) is 1. The fourth-order valence-corrected chi connectivity index (χ4v) is 3.91. The van der Waals surface area contributed by atoms with Gasteiger partial charge in [0, 0.05) is 13.5 Å². The number of carbonyl (C=O) groups excluding carboxylic acids is 1. The SMILES string of the molecule is CON(C)C(=O)CC[C@H](OCc1ccccc1)[C@@H]1OC(C)(C)O[C@@H]1[C@H]1COC(C)(C)O1. The summed E-state index contributed by atoms with van der Waals surface area (Å²) in [5.41, 5.74) is 1.05. The molecule has 0 radical (unpaired) electrons. The lowest BCUT2D eigenvalue weighted by molar-refractivity contribution is -0.176. The zero-order chi connectivity index (χ0) is 22.6. The fraction of sp³-hybridized carbons (Fsp3) is 0.696. The molecule has 1 aromatic carbocycles. The van der Waals surface area contributed by atoms with Crippen LogP contribution in [0.5, 0.6) is 0 Å². The lowest BCUT2D eigenvalue weighted by atomic mass is 9.99. The zero-order valence-electron chi connectivity index (χ0n) is 19.3. The predicted octanol–water partition coefficient (Wildman–Crippen LogP) is 3.04. The Hall–Kier alpha value is -1.55. The van der Waals surface area contributed by atoms with Gasteiger partial charge in [0.05, 0.1) is 26.4 Å². The normalized spacial score (nSPS) is 27.9. The molecule has 1 aromatic rings. The van der Waals surface area contributed by atoms with Crippen LogP contribution in [-0.2, 0) is 39.9 Å². The molecular formula is C23H35NO7. The maximum atomic E-state index is 12.3. The lowest BCUT2D eigenvalue weighted by Crippen LogP contribution is -2.45. The van der Waals surface area contributed by atoms with Gasteiger partial charge in [-0.05, 0) is 39.7 Å². The molecule has 2 fully saturated rings. The summed E-state index contributed by atoms with van der Waals surface area (Å²) in [4.78, 5) is 17.4. The van der Waals surface area contributed by atoms with Crippen molar-refractivity contribution in [2.75, 3.05) is 20.8 Å². The van der Waals surface area contributed by atoms with Gasteiger partial charge in [-0.15, -0.1) is 0 Å². The highest BCUT2D eigenvalue weighted by atomic mass is 16.8. The van der Waals surface area contributed by atoms with E-state index in [9.17, 15) is 4.79 Å². The van der Waals surface area contributed by atoms with Crippen LogP contribution in [-0.4, -0.2) is 67.7 Å². The van der Waals surface area contributed by atoms with E-state index in [-0.39, 0.29) is 30.6 Å². The molecule has 3 rings (SSSR count). The maximum Gasteiger partial charge on any atom is 0.245 e. The molecule has 2 saturated heterocycles. The minimum absolute atomic E-state index is 0.132. The summed E-state index contributed by atoms with van der Waals surface area (Å²) in [7, 11) is 3.06. The van der Waals surface area contributed by atoms with E-state index in [1.807, 2.05) is 58.0 Å². The number of ether oxygens (including phenoxy) is 5. The average Bonchev–Trinajstić information content (AvgIpc) is 3.26. The first-order valence-corrected chi connectivity index (χ1v) is 10.7. The van der Waals surface area contributed by atoms with Crippen LogP contribution in [0, 0.1) is 0 Å². The Morgan fingerprint density at radius 1 is 1.13 bits per heavy atom. The first-order valence-electron chi connectivity index (χ1n) is 10.7. The molecule has 0 bridgehead atoms. The van der Waals surface area contributed by atoms with Crippen molar-refractivity contribution in [2.24, 2.45) is 0 Å². The summed E-state index contributed by atoms with van der Waals surface area (Å²) in [5.74, 6) is -1.61. The third-order valence-electron chi connectivity index (χ3n) is 5.50. The van der Waals surface area contributed by atoms with Crippen LogP contribution in [0.25, 0.3) is 0 Å². The molecule has 0 spiro atoms. The molecule has 0 unspecified atom stereocenters. The molecule has 2 aliphatic rings. The number of hydrogen-bond donors (Lipinski definition) is 0. The molecule has 4 atom stereocenters. The Kier molecular flexibility index (Phi) is 7.72. The molecular weight excluding hydrogens is 402 g/mol. The molecule has 0 aliphatic carbocycles. The Balaban J connectivity index is 1.76. The Morgan fingerprint density at radius 3 is 2.45 bits per heavy atom. The topological polar surface area (TPSA) is 75.7 Å². The number of hydrogen-bond acceptors (Lipinski definition) is 7. The second kappa shape index (κ2) is 9.94. The second-order valence-electron chi connectivity index (χ2n) is 8.88. The predicted molar refractivity (Wildman–Crippen MR) is 113 cm³/mol. The number of benzene rings is 1. The smallest absolute Gasteiger partial charge is 0.245 e. The quantitative estimate of drug-likeness (QED) is 0.550. The van der Waals surface area contributed by atoms with E-state index in [4.69, 9.17) is 28.5 Å². The molecule has 174 valence electrons. The van der Waals surface area contributed by atoms with Crippen LogP contribution in [0.4, 0.5) is 0 Å². The largest absolute Gasteiger partial charge is 0.371 e. The second-order valence-corrected chi connectivity index (χ2v) is 8.88. The van der Waals surface area contributed by atoms with Gasteiger partial charge >= 0.3 is 0 Å². The van der Waals surface area contributed by atoms with E-state index in [2.05, 4.69) is 0 Å². The number of amides is 1. The lowest BCUT2D eigenvalue weighted by Gasteiger charge is -2.29. The Bertz CT molecular complexity index is 724. The van der Waals surface area contributed by atoms with E-state index >= 15 is 0 Å². The molecule has 1 amide bonds. The van der Waals surface area contributed by atoms with Crippen LogP contribution >= 0.6 is 0 Å². The average molecular weight is 438 g/mol. The standard InChI is InChI=1S/C23H35NO7/c1-22(2)28-15-18(29-22)21-20(30-23(3,4)31-21)17(12-13-19(25)24(5)26-6)27-14-16-10-8-7-9-11-16/h7-11,17-18,20-21H,12-15H2,1-6H3/t17-,18+,20-,21+/m0/s1. The Labute approximate surface area is 184 Å². The minimum Gasteiger partial charge on any atom is -0.371 e. The molecule has 8 heteroatoms. The van der Waals surface area contributed by atoms with Crippen LogP contribution in [0.15, 0.2) is 30.3 Å². The van der Waals surface area contributed by atoms with Crippen molar-refractivity contribution in [2.45, 2.75) is 83.1 Å². The maximum absolute atomic E-state index is 12.3. The van der Waals surface area contributed by atoms with Crippen molar-refractivity contribution >= 4 is 5.91 Å². The third-order valence-corrected chi connectivity index (χ3v) is 5.50. The fourth-order valence-electron chi connectivity index (χ4n) is 3.91. The third kappa shape index (κ3) is 6.47. The van der Waals surface area contributed by atoms with Crippen molar-refractivity contribution in [3.8, 4) is 0 Å². The van der Waals surface area contributed by atoms with Gasteiger partial charge < -0.3 is 23.7 Å². The monoisotopic (exact) mass is 437 g/mol. The van der Waals surface area contributed by atoms with Gasteiger partial charge in [-0.1, -0.05) is 30.3 Å². The summed E-state index contributed by atoms with van der Waals surface area (Å²) >= 11 is 0. The van der Waals surface area contributed by atoms with E-state index in [1.54, 1.807) is 7.05 Å². The molecule has 2 heterocycles. The van der Waals surface area contributed by atoms with Gasteiger partial charge in [0.25, 0.3) is 0 Å². The van der Waals surface area contributed by atoms with Crippen LogP contribution < -0.4 is 0 Å². The first-order chi connectivity index (χ1) is 14.6. The van der Waals surface area contributed by atoms with Gasteiger partial charge in [-0.25, -0.2) is 5.06 Å². The van der Waals surface area contributed by atoms with E-state index in [0.717, 1.165) is 5.56 Å². The zero-order valence-corrected chi connectivity index (χ0v) is 19.3. The van der Waals surface area contributed by atoms with Crippen LogP contribution in [0.1, 0.15) is 46.1 Å². The number of rotatable bonds is 9. The van der Waals surface area contributed by atoms with E-state index < -0.39 is 17.7 Å². The highest BCUT2D eigenvalue weighted by Gasteiger charge is 2.52. The molecule has 0 aromatic heterocycles. The van der Waals surface area contributed by atoms with Crippen molar-refractivity contribution in [1.29, 1.82) is 0 Å². The summed E-state index contributed by atoms with van der Waals surface area (Å²) < 4.78 is 30.6. The summed E-state index contributed by atoms with van der Waals surface area (Å²) in [6.45, 7) is 8.32. The Morgan fingerprint density at radius 2 is 1.84 bits per heavy atom. The highest BCUT2D eigenvalue weighted by molar-refractivity contribution is 5.74. The number of carbonyl (C=O) groups is 1. The molecule has 0 N–H and O–H groups in total. The van der Waals surface area contributed by atoms with Gasteiger partial charge in [0.1, 0.15) is 18.3 Å². The number of hydroxylamine groups is 2. The minimum atomic E-state index is -0.798. The van der Waals surface area contributed by atoms with E-state index in [1.165, 1.54) is 12.2 Å². The highest BCUT2D eigenvalue weighted by Crippen LogP contribution is 2.38. The molecule has 2 aliphatic heterocycles. The van der Waals surface area contributed by atoms with Crippen molar-refractivity contribution < 1.29 is 33.3 Å². The van der Waals surface area contributed by atoms with Gasteiger partial charge in [0.2, 0.25) is 5.91 Å². The van der Waals surface area contributed by atoms with Crippen molar-refractivity contribution in [1.82, 2.24) is 5.06 Å². The van der Waals surface area contributed by atoms with Crippen molar-refractivity contribution in [3.05, 3.63) is 35.9 Å². The summed E-state index contributed by atoms with van der Waals surface area (Å²) in [6, 6.07) is 9.91. The van der Waals surface area contributed by atoms with Crippen molar-refractivity contribution in [3.63, 3.8) is 0 Å². The van der Waals surface area contributed by atoms with Crippen LogP contribution in [0.2, 0.25) is 0 Å². The van der Waals surface area contributed by atoms with Gasteiger partial charge in [-0.3, -0.25) is 9.63 Å². The summed E-state index contributed by atoms with van der Waals surface area (Å²) in [5, 5.41) is 1.22.